The molecule has 0 bridgehead atoms. The van der Waals surface area contributed by atoms with Crippen molar-refractivity contribution in [2.24, 2.45) is 5.92 Å². The number of hydrogen-bond donors (Lipinski definition) is 0. The number of fused-ring (bicyclic) bond motifs is 1. The lowest BCUT2D eigenvalue weighted by Crippen LogP contribution is -2.33. The first-order valence-corrected chi connectivity index (χ1v) is 11.6. The van der Waals surface area contributed by atoms with E-state index in [1.807, 2.05) is 0 Å². The van der Waals surface area contributed by atoms with Gasteiger partial charge in [0.2, 0.25) is 0 Å². The third kappa shape index (κ3) is 3.35. The van der Waals surface area contributed by atoms with Gasteiger partial charge in [-0.3, -0.25) is 0 Å². The van der Waals surface area contributed by atoms with Gasteiger partial charge < -0.3 is 0 Å². The molecule has 3 nitrogen and oxygen atoms in total. The van der Waals surface area contributed by atoms with Gasteiger partial charge in [0.15, 0.2) is 0 Å². The minimum absolute atomic E-state index is 0.0591. The fraction of sp³-hybridized carbons (Fsp3) is 0.529. The molecule has 2 aliphatic rings. The molecule has 1 aliphatic carbocycles. The fourth-order valence-electron chi connectivity index (χ4n) is 3.64. The first-order valence-electron chi connectivity index (χ1n) is 8.60. The van der Waals surface area contributed by atoms with E-state index >= 15 is 0 Å². The molecule has 1 aromatic carbocycles. The molecule has 0 radical (unpaired) electrons. The summed E-state index contributed by atoms with van der Waals surface area (Å²) in [5.41, 5.74) is -10.8. The molecular formula is C17H18F6O3S2. The van der Waals surface area contributed by atoms with Gasteiger partial charge in [-0.25, -0.2) is 0 Å². The molecule has 1 atom stereocenters. The molecule has 1 unspecified atom stereocenters. The molecule has 1 heterocycles. The zero-order valence-corrected chi connectivity index (χ0v) is 16.4. The van der Waals surface area contributed by atoms with Crippen LogP contribution in [0.15, 0.2) is 28.0 Å². The Kier molecular flexibility index (Phi) is 5.33. The monoisotopic (exact) mass is 448 g/mol. The average Bonchev–Trinajstić information content (AvgIpc) is 3.19. The van der Waals surface area contributed by atoms with Crippen LogP contribution >= 0.6 is 10.3 Å². The molecule has 1 fully saturated rings. The van der Waals surface area contributed by atoms with E-state index in [9.17, 15) is 34.8 Å². The normalized spacial score (nSPS) is 26.0. The smallest absolute Gasteiger partial charge is 0.196 e. The highest BCUT2D eigenvalue weighted by molar-refractivity contribution is 8.37. The van der Waals surface area contributed by atoms with Gasteiger partial charge in [-0.1, -0.05) is 31.9 Å². The topological polar surface area (TPSA) is 43.4 Å². The second-order valence-corrected chi connectivity index (χ2v) is 11.1. The summed E-state index contributed by atoms with van der Waals surface area (Å²) in [4.78, 5) is -0.900. The maximum Gasteiger partial charge on any atom is 0.523 e. The van der Waals surface area contributed by atoms with Crippen LogP contribution in [0.2, 0.25) is 0 Å². The van der Waals surface area contributed by atoms with Gasteiger partial charge >= 0.3 is 21.1 Å². The summed E-state index contributed by atoms with van der Waals surface area (Å²) in [6.07, 6.45) is 3.46. The minimum atomic E-state index is -6.47. The number of aryl methyl sites for hydroxylation is 1. The first-order chi connectivity index (χ1) is 12.8. The molecule has 1 aromatic rings. The zero-order valence-electron chi connectivity index (χ0n) is 14.7. The van der Waals surface area contributed by atoms with Crippen molar-refractivity contribution in [3.8, 4) is 0 Å². The van der Waals surface area contributed by atoms with Crippen molar-refractivity contribution in [3.05, 3.63) is 34.2 Å². The van der Waals surface area contributed by atoms with Crippen LogP contribution in [0.4, 0.5) is 26.3 Å². The lowest BCUT2D eigenvalue weighted by Gasteiger charge is -2.41. The summed E-state index contributed by atoms with van der Waals surface area (Å²) in [5.74, 6) is -0.669. The third-order valence-corrected chi connectivity index (χ3v) is 9.82. The summed E-state index contributed by atoms with van der Waals surface area (Å²) >= 11 is 0. The number of rotatable bonds is 4. The van der Waals surface area contributed by atoms with Crippen molar-refractivity contribution in [1.29, 1.82) is 0 Å². The van der Waals surface area contributed by atoms with Crippen LogP contribution in [0, 0.1) is 5.92 Å². The second kappa shape index (κ2) is 6.94. The maximum atomic E-state index is 14.4. The molecule has 0 N–H and O–H groups in total. The molecule has 1 saturated carbocycles. The van der Waals surface area contributed by atoms with Crippen molar-refractivity contribution in [3.63, 3.8) is 0 Å². The molecule has 28 heavy (non-hydrogen) atoms. The Hall–Kier alpha value is -1.20. The highest BCUT2D eigenvalue weighted by Gasteiger charge is 2.65. The van der Waals surface area contributed by atoms with E-state index in [4.69, 9.17) is 0 Å². The second-order valence-electron chi connectivity index (χ2n) is 6.72. The Labute approximate surface area is 160 Å². The molecule has 158 valence electrons. The summed E-state index contributed by atoms with van der Waals surface area (Å²) in [5, 5.41) is 0. The van der Waals surface area contributed by atoms with Crippen molar-refractivity contribution in [2.45, 2.75) is 54.9 Å². The van der Waals surface area contributed by atoms with Gasteiger partial charge in [0, 0.05) is 20.1 Å². The largest absolute Gasteiger partial charge is 0.523 e. The lowest BCUT2D eigenvalue weighted by molar-refractivity contribution is -0.0547. The number of alkyl halides is 6. The Morgan fingerprint density at radius 2 is 1.71 bits per heavy atom. The summed E-state index contributed by atoms with van der Waals surface area (Å²) < 4.78 is 110. The molecule has 0 amide bonds. The lowest BCUT2D eigenvalue weighted by atomic mass is 10.0. The van der Waals surface area contributed by atoms with E-state index in [1.165, 1.54) is 12.1 Å². The molecule has 3 rings (SSSR count). The minimum Gasteiger partial charge on any atom is -0.196 e. The molecule has 0 aromatic heterocycles. The standard InChI is InChI=1S/C17H18F6O3S2/c1-2-11-7-8-13-10-15(12-5-3-4-6-12)27(14(13)9-11,16(18,19)20)26-28(24,25)17(21,22)23/h7-10,12H,2-6H2,1H3. The van der Waals surface area contributed by atoms with Crippen LogP contribution in [0.1, 0.15) is 43.7 Å². The van der Waals surface area contributed by atoms with Crippen molar-refractivity contribution >= 4 is 26.5 Å². The van der Waals surface area contributed by atoms with Crippen molar-refractivity contribution in [2.75, 3.05) is 0 Å². The van der Waals surface area contributed by atoms with E-state index < -0.39 is 42.3 Å². The van der Waals surface area contributed by atoms with Gasteiger partial charge in [0.25, 0.3) is 0 Å². The Balaban J connectivity index is 2.29. The van der Waals surface area contributed by atoms with Crippen LogP contribution in [0.3, 0.4) is 0 Å². The van der Waals surface area contributed by atoms with Crippen LogP contribution in [-0.2, 0) is 20.2 Å². The Bertz CT molecular complexity index is 898. The Morgan fingerprint density at radius 1 is 1.11 bits per heavy atom. The van der Waals surface area contributed by atoms with Crippen LogP contribution in [0.5, 0.6) is 0 Å². The van der Waals surface area contributed by atoms with Crippen molar-refractivity contribution < 1.29 is 38.4 Å². The SMILES string of the molecule is CCc1ccc2c(c1)S(OS(=O)(=O)C(F)(F)F)(C(F)(F)F)C(C1CCCC1)=C2. The van der Waals surface area contributed by atoms with Crippen LogP contribution in [0.25, 0.3) is 6.08 Å². The van der Waals surface area contributed by atoms with Crippen LogP contribution < -0.4 is 0 Å². The van der Waals surface area contributed by atoms with E-state index in [-0.39, 0.29) is 10.5 Å². The van der Waals surface area contributed by atoms with Gasteiger partial charge in [-0.05, 0) is 48.4 Å². The summed E-state index contributed by atoms with van der Waals surface area (Å²) in [6.45, 7) is 1.68. The third-order valence-electron chi connectivity index (χ3n) is 4.98. The highest BCUT2D eigenvalue weighted by Crippen LogP contribution is 2.80. The van der Waals surface area contributed by atoms with Gasteiger partial charge in [0.05, 0.1) is 0 Å². The number of hydrogen-bond acceptors (Lipinski definition) is 3. The van der Waals surface area contributed by atoms with Crippen LogP contribution in [-0.4, -0.2) is 19.4 Å². The highest BCUT2D eigenvalue weighted by atomic mass is 32.3. The number of allylic oxidation sites excluding steroid dienone is 1. The first kappa shape index (κ1) is 21.5. The summed E-state index contributed by atoms with van der Waals surface area (Å²) in [6, 6.07) is 4.08. The maximum absolute atomic E-state index is 14.4. The Morgan fingerprint density at radius 3 is 2.21 bits per heavy atom. The predicted octanol–water partition coefficient (Wildman–Crippen LogP) is 6.26. The van der Waals surface area contributed by atoms with E-state index in [2.05, 4.69) is 3.63 Å². The van der Waals surface area contributed by atoms with Gasteiger partial charge in [0.1, 0.15) is 0 Å². The van der Waals surface area contributed by atoms with E-state index in [0.29, 0.717) is 37.7 Å². The fourth-order valence-corrected chi connectivity index (χ4v) is 8.48. The quantitative estimate of drug-likeness (QED) is 0.404. The number of halogens is 6. The molecular weight excluding hydrogens is 430 g/mol. The summed E-state index contributed by atoms with van der Waals surface area (Å²) in [7, 11) is -11.4. The van der Waals surface area contributed by atoms with E-state index in [0.717, 1.165) is 6.07 Å². The molecule has 11 heteroatoms. The predicted molar refractivity (Wildman–Crippen MR) is 93.7 cm³/mol. The zero-order chi connectivity index (χ0) is 21.0. The molecule has 1 aliphatic heterocycles. The average molecular weight is 448 g/mol. The molecule has 0 spiro atoms. The van der Waals surface area contributed by atoms with Crippen molar-refractivity contribution in [1.82, 2.24) is 0 Å². The molecule has 0 saturated heterocycles. The van der Waals surface area contributed by atoms with Gasteiger partial charge in [-0.15, -0.1) is 0 Å². The van der Waals surface area contributed by atoms with Gasteiger partial charge in [-0.2, -0.15) is 38.4 Å². The number of benzene rings is 1. The van der Waals surface area contributed by atoms with E-state index in [1.54, 1.807) is 13.0 Å².